The monoisotopic (exact) mass is 212 g/mol. The van der Waals surface area contributed by atoms with Gasteiger partial charge in [-0.2, -0.15) is 0 Å². The Labute approximate surface area is 88.8 Å². The lowest BCUT2D eigenvalue weighted by molar-refractivity contribution is -0.137. The molecule has 0 spiro atoms. The number of carboxylic acid groups (broad SMARTS) is 1. The molecule has 84 valence electrons. The molecule has 0 aromatic rings. The van der Waals surface area contributed by atoms with Crippen molar-refractivity contribution < 1.29 is 14.7 Å². The molecule has 5 nitrogen and oxygen atoms in total. The fraction of sp³-hybridized carbons (Fsp3) is 0.600. The van der Waals surface area contributed by atoms with Crippen LogP contribution in [0.15, 0.2) is 12.7 Å². The molecule has 0 heterocycles. The van der Waals surface area contributed by atoms with Gasteiger partial charge in [0.2, 0.25) is 0 Å². The zero-order valence-electron chi connectivity index (χ0n) is 8.61. The van der Waals surface area contributed by atoms with Gasteiger partial charge in [0, 0.05) is 12.6 Å². The fourth-order valence-corrected chi connectivity index (χ4v) is 1.36. The summed E-state index contributed by atoms with van der Waals surface area (Å²) in [6.07, 6.45) is 4.62. The summed E-state index contributed by atoms with van der Waals surface area (Å²) >= 11 is 0. The molecule has 0 aromatic heterocycles. The minimum atomic E-state index is -1.01. The summed E-state index contributed by atoms with van der Waals surface area (Å²) in [6.45, 7) is 3.46. The molecule has 0 saturated heterocycles. The SMILES string of the molecule is C=CCN(CC(=O)O)C(=O)NC1CCC1. The summed E-state index contributed by atoms with van der Waals surface area (Å²) in [4.78, 5) is 23.3. The molecule has 1 rings (SSSR count). The summed E-state index contributed by atoms with van der Waals surface area (Å²) in [7, 11) is 0. The number of amides is 2. The van der Waals surface area contributed by atoms with Gasteiger partial charge in [-0.1, -0.05) is 6.08 Å². The Hall–Kier alpha value is -1.52. The molecular formula is C10H16N2O3. The van der Waals surface area contributed by atoms with Gasteiger partial charge in [0.05, 0.1) is 0 Å². The highest BCUT2D eigenvalue weighted by molar-refractivity contribution is 5.80. The molecule has 0 aromatic carbocycles. The van der Waals surface area contributed by atoms with Gasteiger partial charge in [0.25, 0.3) is 0 Å². The highest BCUT2D eigenvalue weighted by Crippen LogP contribution is 2.18. The first-order valence-corrected chi connectivity index (χ1v) is 5.01. The first kappa shape index (κ1) is 11.6. The average Bonchev–Trinajstić information content (AvgIpc) is 2.09. The van der Waals surface area contributed by atoms with Gasteiger partial charge in [-0.3, -0.25) is 4.79 Å². The molecule has 1 saturated carbocycles. The molecule has 1 aliphatic rings. The number of hydrogen-bond donors (Lipinski definition) is 2. The molecule has 2 N–H and O–H groups in total. The Bertz CT molecular complexity index is 261. The zero-order chi connectivity index (χ0) is 11.3. The molecule has 0 atom stereocenters. The molecule has 1 aliphatic carbocycles. The summed E-state index contributed by atoms with van der Waals surface area (Å²) in [5, 5.41) is 11.4. The van der Waals surface area contributed by atoms with E-state index in [9.17, 15) is 9.59 Å². The van der Waals surface area contributed by atoms with E-state index in [2.05, 4.69) is 11.9 Å². The maximum absolute atomic E-state index is 11.6. The number of hydrogen-bond acceptors (Lipinski definition) is 2. The van der Waals surface area contributed by atoms with Crippen LogP contribution in [0.25, 0.3) is 0 Å². The number of carbonyl (C=O) groups excluding carboxylic acids is 1. The fourth-order valence-electron chi connectivity index (χ4n) is 1.36. The number of aliphatic carboxylic acids is 1. The van der Waals surface area contributed by atoms with Gasteiger partial charge < -0.3 is 15.3 Å². The highest BCUT2D eigenvalue weighted by Gasteiger charge is 2.22. The normalized spacial score (nSPS) is 15.2. The number of nitrogens with zero attached hydrogens (tertiary/aromatic N) is 1. The second kappa shape index (κ2) is 5.38. The van der Waals surface area contributed by atoms with Gasteiger partial charge in [-0.25, -0.2) is 4.79 Å². The van der Waals surface area contributed by atoms with E-state index in [1.165, 1.54) is 11.0 Å². The van der Waals surface area contributed by atoms with Gasteiger partial charge in [-0.05, 0) is 19.3 Å². The smallest absolute Gasteiger partial charge is 0.323 e. The molecule has 2 amide bonds. The first-order chi connectivity index (χ1) is 7.13. The Balaban J connectivity index is 2.41. The molecular weight excluding hydrogens is 196 g/mol. The number of nitrogens with one attached hydrogen (secondary N) is 1. The van der Waals surface area contributed by atoms with Crippen LogP contribution in [-0.2, 0) is 4.79 Å². The van der Waals surface area contributed by atoms with Gasteiger partial charge >= 0.3 is 12.0 Å². The summed E-state index contributed by atoms with van der Waals surface area (Å²) in [5.41, 5.74) is 0. The number of rotatable bonds is 5. The van der Waals surface area contributed by atoms with Gasteiger partial charge in [-0.15, -0.1) is 6.58 Å². The van der Waals surface area contributed by atoms with Crippen LogP contribution < -0.4 is 5.32 Å². The van der Waals surface area contributed by atoms with Crippen molar-refractivity contribution >= 4 is 12.0 Å². The van der Waals surface area contributed by atoms with Crippen molar-refractivity contribution in [3.63, 3.8) is 0 Å². The van der Waals surface area contributed by atoms with Crippen LogP contribution in [0.1, 0.15) is 19.3 Å². The van der Waals surface area contributed by atoms with Crippen LogP contribution in [0.3, 0.4) is 0 Å². The van der Waals surface area contributed by atoms with Crippen LogP contribution in [0.5, 0.6) is 0 Å². The number of urea groups is 1. The van der Waals surface area contributed by atoms with Crippen molar-refractivity contribution in [1.29, 1.82) is 0 Å². The number of carbonyl (C=O) groups is 2. The molecule has 5 heteroatoms. The second-order valence-electron chi connectivity index (χ2n) is 3.64. The Kier molecular flexibility index (Phi) is 4.15. The summed E-state index contributed by atoms with van der Waals surface area (Å²) in [5.74, 6) is -1.01. The van der Waals surface area contributed by atoms with Crippen molar-refractivity contribution in [3.8, 4) is 0 Å². The van der Waals surface area contributed by atoms with Crippen molar-refractivity contribution in [2.75, 3.05) is 13.1 Å². The number of carboxylic acids is 1. The van der Waals surface area contributed by atoms with Crippen LogP contribution >= 0.6 is 0 Å². The van der Waals surface area contributed by atoms with Crippen molar-refractivity contribution in [3.05, 3.63) is 12.7 Å². The second-order valence-corrected chi connectivity index (χ2v) is 3.64. The van der Waals surface area contributed by atoms with Crippen LogP contribution in [-0.4, -0.2) is 41.1 Å². The molecule has 0 unspecified atom stereocenters. The summed E-state index contributed by atoms with van der Waals surface area (Å²) < 4.78 is 0. The predicted molar refractivity (Wildman–Crippen MR) is 55.6 cm³/mol. The van der Waals surface area contributed by atoms with E-state index in [0.717, 1.165) is 19.3 Å². The molecule has 0 bridgehead atoms. The van der Waals surface area contributed by atoms with Gasteiger partial charge in [0.1, 0.15) is 6.54 Å². The van der Waals surface area contributed by atoms with E-state index in [1.807, 2.05) is 0 Å². The van der Waals surface area contributed by atoms with E-state index in [1.54, 1.807) is 0 Å². The maximum Gasteiger partial charge on any atom is 0.323 e. The molecule has 1 fully saturated rings. The topological polar surface area (TPSA) is 69.6 Å². The lowest BCUT2D eigenvalue weighted by Gasteiger charge is -2.29. The van der Waals surface area contributed by atoms with E-state index >= 15 is 0 Å². The minimum absolute atomic E-state index is 0.221. The first-order valence-electron chi connectivity index (χ1n) is 5.01. The van der Waals surface area contributed by atoms with Crippen molar-refractivity contribution in [1.82, 2.24) is 10.2 Å². The predicted octanol–water partition coefficient (Wildman–Crippen LogP) is 0.821. The zero-order valence-corrected chi connectivity index (χ0v) is 8.61. The highest BCUT2D eigenvalue weighted by atomic mass is 16.4. The molecule has 0 aliphatic heterocycles. The Morgan fingerprint density at radius 2 is 2.20 bits per heavy atom. The molecule has 15 heavy (non-hydrogen) atoms. The van der Waals surface area contributed by atoms with E-state index in [0.29, 0.717) is 0 Å². The lowest BCUT2D eigenvalue weighted by Crippen LogP contribution is -2.48. The van der Waals surface area contributed by atoms with Gasteiger partial charge in [0.15, 0.2) is 0 Å². The largest absolute Gasteiger partial charge is 0.480 e. The Morgan fingerprint density at radius 1 is 1.53 bits per heavy atom. The van der Waals surface area contributed by atoms with Crippen molar-refractivity contribution in [2.24, 2.45) is 0 Å². The third-order valence-corrected chi connectivity index (χ3v) is 2.40. The van der Waals surface area contributed by atoms with Crippen LogP contribution in [0.2, 0.25) is 0 Å². The minimum Gasteiger partial charge on any atom is -0.480 e. The van der Waals surface area contributed by atoms with Crippen LogP contribution in [0, 0.1) is 0 Å². The third-order valence-electron chi connectivity index (χ3n) is 2.40. The lowest BCUT2D eigenvalue weighted by atomic mass is 9.93. The standard InChI is InChI=1S/C10H16N2O3/c1-2-6-12(7-9(13)14)10(15)11-8-4-3-5-8/h2,8H,1,3-7H2,(H,11,15)(H,13,14). The average molecular weight is 212 g/mol. The summed E-state index contributed by atoms with van der Waals surface area (Å²) in [6, 6.07) is -0.0967. The van der Waals surface area contributed by atoms with E-state index in [-0.39, 0.29) is 25.2 Å². The molecule has 0 radical (unpaired) electrons. The Morgan fingerprint density at radius 3 is 2.60 bits per heavy atom. The van der Waals surface area contributed by atoms with E-state index < -0.39 is 5.97 Å². The van der Waals surface area contributed by atoms with E-state index in [4.69, 9.17) is 5.11 Å². The van der Waals surface area contributed by atoms with Crippen LogP contribution in [0.4, 0.5) is 4.79 Å². The maximum atomic E-state index is 11.6. The quantitative estimate of drug-likeness (QED) is 0.663. The third kappa shape index (κ3) is 3.61. The van der Waals surface area contributed by atoms with Crippen molar-refractivity contribution in [2.45, 2.75) is 25.3 Å².